The van der Waals surface area contributed by atoms with E-state index in [0.717, 1.165) is 24.6 Å². The molecule has 0 spiro atoms. The standard InChI is InChI=1S/C22H26N4O2/c1-28-20-16-25(15-13-17-8-4-2-5-9-17)24-21(22(20)27)19-12-14-23-26(19)18-10-6-3-7-11-18/h3,6-7,10-12,14,16-17H,2,4-5,8-9,13,15H2,1H3. The Morgan fingerprint density at radius 2 is 1.89 bits per heavy atom. The summed E-state index contributed by atoms with van der Waals surface area (Å²) in [7, 11) is 1.53. The predicted octanol–water partition coefficient (Wildman–Crippen LogP) is 4.08. The van der Waals surface area contributed by atoms with Crippen LogP contribution in [-0.4, -0.2) is 26.7 Å². The van der Waals surface area contributed by atoms with E-state index in [0.29, 0.717) is 17.1 Å². The van der Waals surface area contributed by atoms with Gasteiger partial charge in [0.2, 0.25) is 0 Å². The van der Waals surface area contributed by atoms with Gasteiger partial charge in [-0.3, -0.25) is 9.48 Å². The predicted molar refractivity (Wildman–Crippen MR) is 109 cm³/mol. The van der Waals surface area contributed by atoms with E-state index in [1.807, 2.05) is 41.1 Å². The van der Waals surface area contributed by atoms with Crippen LogP contribution < -0.4 is 10.2 Å². The highest BCUT2D eigenvalue weighted by molar-refractivity contribution is 5.58. The van der Waals surface area contributed by atoms with Crippen LogP contribution in [-0.2, 0) is 6.54 Å². The number of rotatable bonds is 6. The molecule has 1 aliphatic carbocycles. The molecule has 146 valence electrons. The first-order chi connectivity index (χ1) is 13.8. The summed E-state index contributed by atoms with van der Waals surface area (Å²) < 4.78 is 8.96. The van der Waals surface area contributed by atoms with Gasteiger partial charge in [-0.1, -0.05) is 50.3 Å². The highest BCUT2D eigenvalue weighted by Crippen LogP contribution is 2.27. The first-order valence-corrected chi connectivity index (χ1v) is 10.0. The van der Waals surface area contributed by atoms with Gasteiger partial charge < -0.3 is 4.74 Å². The number of aryl methyl sites for hydroxylation is 1. The maximum absolute atomic E-state index is 12.9. The summed E-state index contributed by atoms with van der Waals surface area (Å²) in [4.78, 5) is 12.9. The van der Waals surface area contributed by atoms with Crippen molar-refractivity contribution < 1.29 is 4.74 Å². The summed E-state index contributed by atoms with van der Waals surface area (Å²) in [5.41, 5.74) is 1.71. The topological polar surface area (TPSA) is 61.9 Å². The van der Waals surface area contributed by atoms with Crippen molar-refractivity contribution >= 4 is 0 Å². The van der Waals surface area contributed by atoms with Crippen LogP contribution in [0.5, 0.6) is 5.75 Å². The quantitative estimate of drug-likeness (QED) is 0.648. The lowest BCUT2D eigenvalue weighted by Crippen LogP contribution is -2.19. The van der Waals surface area contributed by atoms with E-state index in [-0.39, 0.29) is 5.43 Å². The van der Waals surface area contributed by atoms with Gasteiger partial charge in [0, 0.05) is 6.54 Å². The fraction of sp³-hybridized carbons (Fsp3) is 0.409. The monoisotopic (exact) mass is 378 g/mol. The molecule has 28 heavy (non-hydrogen) atoms. The second-order valence-electron chi connectivity index (χ2n) is 7.39. The zero-order valence-corrected chi connectivity index (χ0v) is 16.3. The second kappa shape index (κ2) is 8.42. The molecule has 2 heterocycles. The van der Waals surface area contributed by atoms with E-state index >= 15 is 0 Å². The molecule has 6 heteroatoms. The Labute approximate surface area is 164 Å². The van der Waals surface area contributed by atoms with Crippen molar-refractivity contribution in [3.8, 4) is 22.8 Å². The first kappa shape index (κ1) is 18.5. The van der Waals surface area contributed by atoms with Gasteiger partial charge in [-0.2, -0.15) is 10.2 Å². The van der Waals surface area contributed by atoms with E-state index < -0.39 is 0 Å². The highest BCUT2D eigenvalue weighted by Gasteiger charge is 2.18. The zero-order valence-electron chi connectivity index (χ0n) is 16.3. The number of methoxy groups -OCH3 is 1. The van der Waals surface area contributed by atoms with Gasteiger partial charge in [0.25, 0.3) is 5.43 Å². The van der Waals surface area contributed by atoms with Crippen molar-refractivity contribution in [1.29, 1.82) is 0 Å². The minimum absolute atomic E-state index is 0.214. The van der Waals surface area contributed by atoms with E-state index in [4.69, 9.17) is 4.74 Å². The first-order valence-electron chi connectivity index (χ1n) is 10.0. The molecule has 2 aromatic heterocycles. The van der Waals surface area contributed by atoms with Crippen molar-refractivity contribution in [3.05, 3.63) is 59.0 Å². The molecule has 0 unspecified atom stereocenters. The Kier molecular flexibility index (Phi) is 5.55. The smallest absolute Gasteiger partial charge is 0.251 e. The second-order valence-corrected chi connectivity index (χ2v) is 7.39. The van der Waals surface area contributed by atoms with Gasteiger partial charge in [-0.05, 0) is 30.5 Å². The number of aromatic nitrogens is 4. The lowest BCUT2D eigenvalue weighted by Gasteiger charge is -2.21. The molecule has 0 bridgehead atoms. The molecule has 1 saturated carbocycles. The third-order valence-electron chi connectivity index (χ3n) is 5.53. The number of hydrogen-bond donors (Lipinski definition) is 0. The third kappa shape index (κ3) is 3.86. The summed E-state index contributed by atoms with van der Waals surface area (Å²) in [6, 6.07) is 11.6. The molecule has 1 aromatic carbocycles. The number of nitrogens with zero attached hydrogens (tertiary/aromatic N) is 4. The molecule has 0 radical (unpaired) electrons. The van der Waals surface area contributed by atoms with Crippen LogP contribution in [0.15, 0.2) is 53.6 Å². The molecule has 6 nitrogen and oxygen atoms in total. The maximum Gasteiger partial charge on any atom is 0.251 e. The normalized spacial score (nSPS) is 14.9. The largest absolute Gasteiger partial charge is 0.491 e. The van der Waals surface area contributed by atoms with Crippen LogP contribution in [0.2, 0.25) is 0 Å². The number of para-hydroxylation sites is 1. The molecule has 0 N–H and O–H groups in total. The van der Waals surface area contributed by atoms with Crippen molar-refractivity contribution in [2.75, 3.05) is 7.11 Å². The van der Waals surface area contributed by atoms with Gasteiger partial charge in [0.15, 0.2) is 11.4 Å². The van der Waals surface area contributed by atoms with Gasteiger partial charge in [-0.25, -0.2) is 4.68 Å². The van der Waals surface area contributed by atoms with Crippen LogP contribution in [0.1, 0.15) is 38.5 Å². The van der Waals surface area contributed by atoms with Gasteiger partial charge in [0.1, 0.15) is 0 Å². The molecule has 1 fully saturated rings. The van der Waals surface area contributed by atoms with Crippen LogP contribution in [0.4, 0.5) is 0 Å². The molecular weight excluding hydrogens is 352 g/mol. The fourth-order valence-corrected chi connectivity index (χ4v) is 3.99. The molecular formula is C22H26N4O2. The minimum Gasteiger partial charge on any atom is -0.491 e. The Hall–Kier alpha value is -2.89. The van der Waals surface area contributed by atoms with Crippen molar-refractivity contribution in [2.24, 2.45) is 5.92 Å². The number of hydrogen-bond acceptors (Lipinski definition) is 4. The summed E-state index contributed by atoms with van der Waals surface area (Å²) in [5, 5.41) is 9.05. The molecule has 1 aliphatic rings. The number of benzene rings is 1. The van der Waals surface area contributed by atoms with Crippen molar-refractivity contribution in [2.45, 2.75) is 45.1 Å². The Morgan fingerprint density at radius 3 is 2.64 bits per heavy atom. The Bertz CT molecular complexity index is 972. The highest BCUT2D eigenvalue weighted by atomic mass is 16.5. The average molecular weight is 378 g/mol. The zero-order chi connectivity index (χ0) is 19.3. The van der Waals surface area contributed by atoms with E-state index in [1.54, 1.807) is 17.1 Å². The molecule has 0 saturated heterocycles. The van der Waals surface area contributed by atoms with Crippen molar-refractivity contribution in [1.82, 2.24) is 19.6 Å². The third-order valence-corrected chi connectivity index (χ3v) is 5.53. The minimum atomic E-state index is -0.214. The average Bonchev–Trinajstić information content (AvgIpc) is 3.24. The lowest BCUT2D eigenvalue weighted by atomic mass is 9.87. The fourth-order valence-electron chi connectivity index (χ4n) is 3.99. The van der Waals surface area contributed by atoms with Gasteiger partial charge in [-0.15, -0.1) is 0 Å². The van der Waals surface area contributed by atoms with Gasteiger partial charge in [0.05, 0.1) is 30.9 Å². The summed E-state index contributed by atoms with van der Waals surface area (Å²) in [6.45, 7) is 0.785. The number of ether oxygens (including phenoxy) is 1. The lowest BCUT2D eigenvalue weighted by molar-refractivity contribution is 0.315. The SMILES string of the molecule is COc1cn(CCC2CCCCC2)nc(-c2ccnn2-c2ccccc2)c1=O. The maximum atomic E-state index is 12.9. The molecule has 3 aromatic rings. The Morgan fingerprint density at radius 1 is 1.11 bits per heavy atom. The molecule has 0 atom stereocenters. The van der Waals surface area contributed by atoms with E-state index in [9.17, 15) is 4.79 Å². The summed E-state index contributed by atoms with van der Waals surface area (Å²) in [5.74, 6) is 1.06. The van der Waals surface area contributed by atoms with E-state index in [2.05, 4.69) is 10.2 Å². The van der Waals surface area contributed by atoms with Crippen LogP contribution in [0, 0.1) is 5.92 Å². The van der Waals surface area contributed by atoms with Crippen molar-refractivity contribution in [3.63, 3.8) is 0 Å². The molecule has 0 aliphatic heterocycles. The summed E-state index contributed by atoms with van der Waals surface area (Å²) in [6.07, 6.45) is 11.1. The van der Waals surface area contributed by atoms with Crippen LogP contribution in [0.3, 0.4) is 0 Å². The van der Waals surface area contributed by atoms with E-state index in [1.165, 1.54) is 39.2 Å². The molecule has 4 rings (SSSR count). The molecule has 0 amide bonds. The summed E-state index contributed by atoms with van der Waals surface area (Å²) >= 11 is 0. The van der Waals surface area contributed by atoms with Gasteiger partial charge >= 0.3 is 0 Å². The van der Waals surface area contributed by atoms with Crippen LogP contribution >= 0.6 is 0 Å². The Balaban J connectivity index is 1.67. The van der Waals surface area contributed by atoms with Crippen LogP contribution in [0.25, 0.3) is 17.1 Å².